The van der Waals surface area contributed by atoms with Crippen LogP contribution in [0.4, 0.5) is 0 Å². The summed E-state index contributed by atoms with van der Waals surface area (Å²) in [6.45, 7) is 4.54. The third kappa shape index (κ3) is 6.92. The molecule has 3 rings (SSSR count). The van der Waals surface area contributed by atoms with Gasteiger partial charge in [-0.15, -0.1) is 0 Å². The van der Waals surface area contributed by atoms with E-state index < -0.39 is 12.1 Å². The smallest absolute Gasteiger partial charge is 0.245 e. The maximum absolute atomic E-state index is 13.2. The van der Waals surface area contributed by atoms with Crippen molar-refractivity contribution in [3.05, 3.63) is 59.5 Å². The zero-order chi connectivity index (χ0) is 24.0. The van der Waals surface area contributed by atoms with E-state index in [2.05, 4.69) is 10.6 Å². The first-order valence-corrected chi connectivity index (χ1v) is 11.4. The standard InChI is InChI=1S/C25H34N4O4/c1-17(2)12-22-25(32)28(3)15-20-11-10-19(33-20)14-26-21(13-18-8-6-5-7-9-18)24(31)29(4)16-23(30)27-22/h5-11,17,21-22,26H,12-16H2,1-4H3,(H,27,30)/t21-,22-/m0/s1. The number of hydrogen-bond donors (Lipinski definition) is 2. The Morgan fingerprint density at radius 1 is 0.909 bits per heavy atom. The Balaban J connectivity index is 1.86. The number of rotatable bonds is 4. The Morgan fingerprint density at radius 3 is 2.24 bits per heavy atom. The number of furan rings is 1. The molecule has 2 N–H and O–H groups in total. The first-order valence-electron chi connectivity index (χ1n) is 11.4. The lowest BCUT2D eigenvalue weighted by Crippen LogP contribution is -2.52. The summed E-state index contributed by atoms with van der Waals surface area (Å²) in [5, 5.41) is 6.12. The molecular formula is C25H34N4O4. The van der Waals surface area contributed by atoms with E-state index in [9.17, 15) is 14.4 Å². The van der Waals surface area contributed by atoms with Crippen LogP contribution in [0.2, 0.25) is 0 Å². The number of benzene rings is 1. The summed E-state index contributed by atoms with van der Waals surface area (Å²) in [5.74, 6) is 0.811. The lowest BCUT2D eigenvalue weighted by Gasteiger charge is -2.27. The molecule has 33 heavy (non-hydrogen) atoms. The normalized spacial score (nSPS) is 21.1. The van der Waals surface area contributed by atoms with Crippen molar-refractivity contribution in [2.45, 2.75) is 51.9 Å². The predicted octanol–water partition coefficient (Wildman–Crippen LogP) is 1.94. The Hall–Kier alpha value is -3.13. The zero-order valence-electron chi connectivity index (χ0n) is 19.8. The van der Waals surface area contributed by atoms with Crippen molar-refractivity contribution in [2.24, 2.45) is 5.92 Å². The van der Waals surface area contributed by atoms with Crippen LogP contribution < -0.4 is 10.6 Å². The molecule has 3 amide bonds. The van der Waals surface area contributed by atoms with Crippen molar-refractivity contribution in [3.8, 4) is 0 Å². The summed E-state index contributed by atoms with van der Waals surface area (Å²) >= 11 is 0. The van der Waals surface area contributed by atoms with Gasteiger partial charge < -0.3 is 19.5 Å². The SMILES string of the molecule is CC(C)C[C@@H]1NC(=O)CN(C)C(=O)[C@H](Cc2ccccc2)NCc2ccc(o2)CN(C)C1=O. The Morgan fingerprint density at radius 2 is 1.55 bits per heavy atom. The van der Waals surface area contributed by atoms with Crippen molar-refractivity contribution < 1.29 is 18.8 Å². The third-order valence-electron chi connectivity index (χ3n) is 5.69. The highest BCUT2D eigenvalue weighted by molar-refractivity contribution is 5.91. The summed E-state index contributed by atoms with van der Waals surface area (Å²) in [7, 11) is 3.31. The summed E-state index contributed by atoms with van der Waals surface area (Å²) < 4.78 is 5.91. The quantitative estimate of drug-likeness (QED) is 0.736. The van der Waals surface area contributed by atoms with Crippen LogP contribution in [0, 0.1) is 5.92 Å². The van der Waals surface area contributed by atoms with Crippen LogP contribution >= 0.6 is 0 Å². The highest BCUT2D eigenvalue weighted by atomic mass is 16.3. The third-order valence-corrected chi connectivity index (χ3v) is 5.69. The fourth-order valence-electron chi connectivity index (χ4n) is 3.99. The maximum atomic E-state index is 13.2. The average molecular weight is 455 g/mol. The van der Waals surface area contributed by atoms with Gasteiger partial charge in [0.2, 0.25) is 17.7 Å². The van der Waals surface area contributed by atoms with Crippen LogP contribution in [0.3, 0.4) is 0 Å². The summed E-state index contributed by atoms with van der Waals surface area (Å²) in [6.07, 6.45) is 0.991. The van der Waals surface area contributed by atoms with Gasteiger partial charge in [-0.25, -0.2) is 0 Å². The number of fused-ring (bicyclic) bond motifs is 2. The second-order valence-electron chi connectivity index (χ2n) is 9.13. The molecule has 0 radical (unpaired) electrons. The van der Waals surface area contributed by atoms with E-state index in [1.165, 1.54) is 4.90 Å². The number of amides is 3. The predicted molar refractivity (Wildman–Crippen MR) is 125 cm³/mol. The number of nitrogens with zero attached hydrogens (tertiary/aromatic N) is 2. The fraction of sp³-hybridized carbons (Fsp3) is 0.480. The molecule has 178 valence electrons. The molecule has 1 aliphatic heterocycles. The summed E-state index contributed by atoms with van der Waals surface area (Å²) in [5.41, 5.74) is 1.02. The molecule has 2 aromatic rings. The van der Waals surface area contributed by atoms with Crippen molar-refractivity contribution >= 4 is 17.7 Å². The molecule has 0 aliphatic carbocycles. The molecule has 0 saturated heterocycles. The second kappa shape index (κ2) is 11.1. The van der Waals surface area contributed by atoms with Crippen LogP contribution in [-0.2, 0) is 33.9 Å². The molecule has 8 heteroatoms. The molecule has 0 spiro atoms. The van der Waals surface area contributed by atoms with Gasteiger partial charge in [-0.2, -0.15) is 0 Å². The molecule has 2 heterocycles. The Kier molecular flexibility index (Phi) is 8.27. The zero-order valence-corrected chi connectivity index (χ0v) is 19.8. The monoisotopic (exact) mass is 454 g/mol. The number of carbonyl (C=O) groups excluding carboxylic acids is 3. The van der Waals surface area contributed by atoms with E-state index in [-0.39, 0.29) is 30.2 Å². The van der Waals surface area contributed by atoms with Crippen molar-refractivity contribution in [1.82, 2.24) is 20.4 Å². The van der Waals surface area contributed by atoms with Gasteiger partial charge in [0.15, 0.2) is 0 Å². The Labute approximate surface area is 195 Å². The lowest BCUT2D eigenvalue weighted by molar-refractivity contribution is -0.139. The fourth-order valence-corrected chi connectivity index (χ4v) is 3.99. The van der Waals surface area contributed by atoms with E-state index >= 15 is 0 Å². The van der Waals surface area contributed by atoms with Crippen molar-refractivity contribution in [3.63, 3.8) is 0 Å². The topological polar surface area (TPSA) is 94.9 Å². The molecule has 1 aromatic heterocycles. The molecule has 1 aliphatic rings. The van der Waals surface area contributed by atoms with Crippen molar-refractivity contribution in [1.29, 1.82) is 0 Å². The largest absolute Gasteiger partial charge is 0.463 e. The average Bonchev–Trinajstić information content (AvgIpc) is 3.22. The van der Waals surface area contributed by atoms with Gasteiger partial charge in [0.25, 0.3) is 0 Å². The first-order chi connectivity index (χ1) is 15.7. The minimum Gasteiger partial charge on any atom is -0.463 e. The summed E-state index contributed by atoms with van der Waals surface area (Å²) in [4.78, 5) is 42.1. The first kappa shape index (κ1) is 24.5. The minimum atomic E-state index is -0.663. The van der Waals surface area contributed by atoms with Crippen LogP contribution in [0.1, 0.15) is 37.4 Å². The molecule has 2 atom stereocenters. The van der Waals surface area contributed by atoms with Gasteiger partial charge in [-0.1, -0.05) is 44.2 Å². The molecule has 0 saturated carbocycles. The maximum Gasteiger partial charge on any atom is 0.245 e. The van der Waals surface area contributed by atoms with E-state index in [1.807, 2.05) is 56.3 Å². The summed E-state index contributed by atoms with van der Waals surface area (Å²) in [6, 6.07) is 12.2. The van der Waals surface area contributed by atoms with Gasteiger partial charge in [-0.05, 0) is 36.5 Å². The van der Waals surface area contributed by atoms with Gasteiger partial charge >= 0.3 is 0 Å². The van der Waals surface area contributed by atoms with Gasteiger partial charge in [0.05, 0.1) is 25.7 Å². The second-order valence-corrected chi connectivity index (χ2v) is 9.13. The van der Waals surface area contributed by atoms with Crippen LogP contribution in [-0.4, -0.2) is 60.2 Å². The van der Waals surface area contributed by atoms with E-state index in [0.29, 0.717) is 37.5 Å². The highest BCUT2D eigenvalue weighted by Gasteiger charge is 2.28. The number of nitrogens with one attached hydrogen (secondary N) is 2. The van der Waals surface area contributed by atoms with Gasteiger partial charge in [0, 0.05) is 14.1 Å². The Bertz CT molecular complexity index is 956. The van der Waals surface area contributed by atoms with Gasteiger partial charge in [-0.3, -0.25) is 19.7 Å². The van der Waals surface area contributed by atoms with E-state index in [0.717, 1.165) is 5.56 Å². The molecular weight excluding hydrogens is 420 g/mol. The molecule has 1 aromatic carbocycles. The van der Waals surface area contributed by atoms with Crippen molar-refractivity contribution in [2.75, 3.05) is 20.6 Å². The molecule has 2 bridgehead atoms. The highest BCUT2D eigenvalue weighted by Crippen LogP contribution is 2.15. The van der Waals surface area contributed by atoms with Crippen LogP contribution in [0.5, 0.6) is 0 Å². The van der Waals surface area contributed by atoms with E-state index in [4.69, 9.17) is 4.42 Å². The van der Waals surface area contributed by atoms with Crippen LogP contribution in [0.15, 0.2) is 46.9 Å². The number of likely N-dealkylation sites (N-methyl/N-ethyl adjacent to an activating group) is 2. The molecule has 0 unspecified atom stereocenters. The minimum absolute atomic E-state index is 0.123. The molecule has 8 nitrogen and oxygen atoms in total. The van der Waals surface area contributed by atoms with Crippen LogP contribution in [0.25, 0.3) is 0 Å². The number of carbonyl (C=O) groups is 3. The lowest BCUT2D eigenvalue weighted by atomic mass is 10.0. The van der Waals surface area contributed by atoms with E-state index in [1.54, 1.807) is 19.0 Å². The van der Waals surface area contributed by atoms with Gasteiger partial charge in [0.1, 0.15) is 17.6 Å². The number of hydrogen-bond acceptors (Lipinski definition) is 5. The molecule has 0 fully saturated rings.